The van der Waals surface area contributed by atoms with Crippen molar-refractivity contribution in [3.05, 3.63) is 51.9 Å². The van der Waals surface area contributed by atoms with Gasteiger partial charge in [-0.25, -0.2) is 19.7 Å². The Hall–Kier alpha value is -4.21. The Morgan fingerprint density at radius 3 is 2.69 bits per heavy atom. The predicted molar refractivity (Wildman–Crippen MR) is 160 cm³/mol. The standard InChI is InChI=1S/C28H33ClN10O6/c29-17-5-6-19(44-13-20(40)38-9-7-37(8-10-38)18-3-1-2-4-18)16(11-17)12-31-25-22-26(33-14-32-25)39(15-34-22)27-23(41)21(35-36-30)24(45-27)28(42)43/h5-6,11,14-15,18,21,23-24,27,41H,1-4,7-10,12-13H2,(H,42,43)(H,31,32,33)/t21-,23+,24-,27+/m0/s1. The summed E-state index contributed by atoms with van der Waals surface area (Å²) in [7, 11) is 0. The molecule has 0 unspecified atom stereocenters. The summed E-state index contributed by atoms with van der Waals surface area (Å²) >= 11 is 6.29. The van der Waals surface area contributed by atoms with Crippen LogP contribution in [-0.2, 0) is 20.9 Å². The van der Waals surface area contributed by atoms with Crippen LogP contribution in [0.5, 0.6) is 5.75 Å². The number of carbonyl (C=O) groups excluding carboxylic acids is 1. The molecule has 2 aliphatic heterocycles. The number of ether oxygens (including phenoxy) is 2. The Bertz CT molecular complexity index is 1600. The second-order valence-corrected chi connectivity index (χ2v) is 11.7. The van der Waals surface area contributed by atoms with Gasteiger partial charge in [0.05, 0.1) is 6.33 Å². The number of hydrogen-bond acceptors (Lipinski definition) is 11. The van der Waals surface area contributed by atoms with Crippen molar-refractivity contribution < 1.29 is 29.3 Å². The molecule has 0 spiro atoms. The number of piperazine rings is 1. The molecule has 6 rings (SSSR count). The molecule has 17 heteroatoms. The first kappa shape index (κ1) is 30.8. The summed E-state index contributed by atoms with van der Waals surface area (Å²) in [5.74, 6) is -0.609. The maximum absolute atomic E-state index is 13.0. The number of amides is 1. The molecule has 1 aliphatic carbocycles. The number of anilines is 1. The van der Waals surface area contributed by atoms with E-state index < -0.39 is 30.4 Å². The summed E-state index contributed by atoms with van der Waals surface area (Å²) < 4.78 is 12.9. The summed E-state index contributed by atoms with van der Waals surface area (Å²) in [6.07, 6.45) is 3.46. The van der Waals surface area contributed by atoms with E-state index in [1.807, 2.05) is 4.90 Å². The van der Waals surface area contributed by atoms with E-state index in [0.717, 1.165) is 13.1 Å². The van der Waals surface area contributed by atoms with Crippen LogP contribution in [0.4, 0.5) is 5.82 Å². The van der Waals surface area contributed by atoms with Crippen LogP contribution < -0.4 is 10.1 Å². The molecule has 4 heterocycles. The second-order valence-electron chi connectivity index (χ2n) is 11.3. The zero-order valence-electron chi connectivity index (χ0n) is 24.3. The smallest absolute Gasteiger partial charge is 0.333 e. The molecule has 3 aromatic rings. The minimum absolute atomic E-state index is 0.0675. The zero-order valence-corrected chi connectivity index (χ0v) is 25.0. The van der Waals surface area contributed by atoms with Gasteiger partial charge in [-0.3, -0.25) is 14.3 Å². The largest absolute Gasteiger partial charge is 0.483 e. The quantitative estimate of drug-likeness (QED) is 0.167. The van der Waals surface area contributed by atoms with Gasteiger partial charge in [-0.05, 0) is 36.6 Å². The van der Waals surface area contributed by atoms with Crippen LogP contribution in [0.3, 0.4) is 0 Å². The summed E-state index contributed by atoms with van der Waals surface area (Å²) in [5.41, 5.74) is 10.1. The molecule has 3 fully saturated rings. The van der Waals surface area contributed by atoms with Crippen LogP contribution in [0.15, 0.2) is 36.0 Å². The van der Waals surface area contributed by atoms with E-state index in [1.54, 1.807) is 18.2 Å². The fourth-order valence-corrected chi connectivity index (χ4v) is 6.49. The molecule has 0 bridgehead atoms. The minimum Gasteiger partial charge on any atom is -0.483 e. The number of hydrogen-bond donors (Lipinski definition) is 3. The fourth-order valence-electron chi connectivity index (χ4n) is 6.29. The maximum Gasteiger partial charge on any atom is 0.333 e. The van der Waals surface area contributed by atoms with Crippen molar-refractivity contribution in [1.29, 1.82) is 0 Å². The fraction of sp³-hybridized carbons (Fsp3) is 0.536. The molecule has 4 atom stereocenters. The van der Waals surface area contributed by atoms with Gasteiger partial charge in [0.25, 0.3) is 5.91 Å². The Morgan fingerprint density at radius 1 is 1.18 bits per heavy atom. The number of aromatic nitrogens is 4. The molecule has 45 heavy (non-hydrogen) atoms. The summed E-state index contributed by atoms with van der Waals surface area (Å²) in [5, 5.41) is 27.3. The van der Waals surface area contributed by atoms with E-state index in [4.69, 9.17) is 26.6 Å². The first-order chi connectivity index (χ1) is 21.8. The van der Waals surface area contributed by atoms with Gasteiger partial charge >= 0.3 is 5.97 Å². The van der Waals surface area contributed by atoms with Gasteiger partial charge < -0.3 is 29.9 Å². The van der Waals surface area contributed by atoms with E-state index in [1.165, 1.54) is 42.9 Å². The number of imidazole rings is 1. The third kappa shape index (κ3) is 6.46. The summed E-state index contributed by atoms with van der Waals surface area (Å²) in [6, 6.07) is 4.44. The third-order valence-electron chi connectivity index (χ3n) is 8.63. The molecule has 2 saturated heterocycles. The van der Waals surface area contributed by atoms with Crippen molar-refractivity contribution in [3.63, 3.8) is 0 Å². The van der Waals surface area contributed by atoms with E-state index >= 15 is 0 Å². The van der Waals surface area contributed by atoms with Gasteiger partial charge in [0.15, 0.2) is 35.9 Å². The van der Waals surface area contributed by atoms with Crippen LogP contribution >= 0.6 is 11.6 Å². The number of nitrogens with one attached hydrogen (secondary N) is 1. The van der Waals surface area contributed by atoms with Crippen LogP contribution in [0, 0.1) is 0 Å². The Kier molecular flexibility index (Phi) is 9.19. The molecule has 1 aromatic carbocycles. The predicted octanol–water partition coefficient (Wildman–Crippen LogP) is 2.58. The van der Waals surface area contributed by atoms with Crippen molar-refractivity contribution in [3.8, 4) is 5.75 Å². The lowest BCUT2D eigenvalue weighted by Crippen LogP contribution is -2.52. The first-order valence-corrected chi connectivity index (χ1v) is 15.2. The van der Waals surface area contributed by atoms with Crippen LogP contribution in [0.2, 0.25) is 5.02 Å². The highest BCUT2D eigenvalue weighted by Gasteiger charge is 2.48. The maximum atomic E-state index is 13.0. The Balaban J connectivity index is 1.11. The number of halogens is 1. The van der Waals surface area contributed by atoms with Crippen LogP contribution in [0.25, 0.3) is 21.6 Å². The highest BCUT2D eigenvalue weighted by molar-refractivity contribution is 6.30. The van der Waals surface area contributed by atoms with Gasteiger partial charge in [0.1, 0.15) is 24.2 Å². The van der Waals surface area contributed by atoms with E-state index in [-0.39, 0.29) is 24.7 Å². The van der Waals surface area contributed by atoms with Crippen molar-refractivity contribution in [2.24, 2.45) is 5.11 Å². The molecule has 3 aliphatic rings. The van der Waals surface area contributed by atoms with Gasteiger partial charge in [-0.1, -0.05) is 29.6 Å². The molecule has 16 nitrogen and oxygen atoms in total. The lowest BCUT2D eigenvalue weighted by atomic mass is 10.1. The van der Waals surface area contributed by atoms with Crippen molar-refractivity contribution in [2.45, 2.75) is 62.7 Å². The SMILES string of the molecule is [N-]=[N+]=N[C@H]1[C@@H](O)[C@H](n2cnc3c(NCc4cc(Cl)ccc4OCC(=O)N4CCN(C5CCCC5)CC4)ncnc32)O[C@@H]1C(=O)O. The number of benzene rings is 1. The number of aliphatic hydroxyl groups excluding tert-OH is 1. The number of carboxylic acids is 1. The van der Waals surface area contributed by atoms with E-state index in [0.29, 0.717) is 46.8 Å². The average molecular weight is 641 g/mol. The van der Waals surface area contributed by atoms with Gasteiger partial charge in [-0.15, -0.1) is 0 Å². The lowest BCUT2D eigenvalue weighted by molar-refractivity contribution is -0.152. The van der Waals surface area contributed by atoms with Gasteiger partial charge in [0.2, 0.25) is 0 Å². The van der Waals surface area contributed by atoms with Crippen molar-refractivity contribution in [2.75, 3.05) is 38.1 Å². The molecule has 3 N–H and O–H groups in total. The Morgan fingerprint density at radius 2 is 1.96 bits per heavy atom. The zero-order chi connectivity index (χ0) is 31.5. The molecule has 2 aromatic heterocycles. The third-order valence-corrected chi connectivity index (χ3v) is 8.86. The summed E-state index contributed by atoms with van der Waals surface area (Å²) in [6.45, 7) is 3.27. The molecular formula is C28H33ClN10O6. The van der Waals surface area contributed by atoms with Crippen LogP contribution in [0.1, 0.15) is 37.5 Å². The Labute approximate surface area is 262 Å². The van der Waals surface area contributed by atoms with Crippen LogP contribution in [-0.4, -0.2) is 108 Å². The average Bonchev–Trinajstić information content (AvgIpc) is 3.80. The van der Waals surface area contributed by atoms with Crippen molar-refractivity contribution in [1.82, 2.24) is 29.3 Å². The molecule has 238 valence electrons. The minimum atomic E-state index is -1.55. The lowest BCUT2D eigenvalue weighted by Gasteiger charge is -2.38. The number of carboxylic acid groups (broad SMARTS) is 1. The summed E-state index contributed by atoms with van der Waals surface area (Å²) in [4.78, 5) is 44.5. The molecule has 0 radical (unpaired) electrons. The van der Waals surface area contributed by atoms with E-state index in [9.17, 15) is 19.8 Å². The van der Waals surface area contributed by atoms with E-state index in [2.05, 4.69) is 35.2 Å². The topological polar surface area (TPSA) is 204 Å². The highest BCUT2D eigenvalue weighted by Crippen LogP contribution is 2.34. The second kappa shape index (κ2) is 13.4. The number of azide groups is 1. The monoisotopic (exact) mass is 640 g/mol. The molecule has 1 amide bonds. The number of aliphatic carboxylic acids is 1. The molecule has 1 saturated carbocycles. The number of aliphatic hydroxyl groups is 1. The normalized spacial score (nSPS) is 24.1. The number of carbonyl (C=O) groups is 2. The highest BCUT2D eigenvalue weighted by atomic mass is 35.5. The molecular weight excluding hydrogens is 608 g/mol. The number of fused-ring (bicyclic) bond motifs is 1. The number of nitrogens with zero attached hydrogens (tertiary/aromatic N) is 9. The van der Waals surface area contributed by atoms with Gasteiger partial charge in [-0.2, -0.15) is 0 Å². The first-order valence-electron chi connectivity index (χ1n) is 14.8. The van der Waals surface area contributed by atoms with Crippen molar-refractivity contribution >= 4 is 40.5 Å². The van der Waals surface area contributed by atoms with Gasteiger partial charge in [0, 0.05) is 54.3 Å². The number of rotatable bonds is 10.